The van der Waals surface area contributed by atoms with Crippen LogP contribution in [0.3, 0.4) is 0 Å². The fraction of sp³-hybridized carbons (Fsp3) is 0.611. The van der Waals surface area contributed by atoms with E-state index in [1.54, 1.807) is 0 Å². The van der Waals surface area contributed by atoms with Crippen LogP contribution in [0.2, 0.25) is 0 Å². The predicted octanol–water partition coefficient (Wildman–Crippen LogP) is 3.97. The maximum Gasteiger partial charge on any atom is 0.335 e. The molecule has 22 heavy (non-hydrogen) atoms. The largest absolute Gasteiger partial charge is 0.467 e. The lowest BCUT2D eigenvalue weighted by Crippen LogP contribution is -2.49. The summed E-state index contributed by atoms with van der Waals surface area (Å²) in [5.74, 6) is 0.747. The minimum atomic E-state index is -0.456. The third-order valence-electron chi connectivity index (χ3n) is 5.09. The van der Waals surface area contributed by atoms with E-state index in [9.17, 15) is 4.79 Å². The lowest BCUT2D eigenvalue weighted by molar-refractivity contribution is -0.181. The molecular formula is C18H25BrO3. The van der Waals surface area contributed by atoms with Crippen LogP contribution >= 0.6 is 15.9 Å². The van der Waals surface area contributed by atoms with Gasteiger partial charge in [0.25, 0.3) is 0 Å². The van der Waals surface area contributed by atoms with Crippen LogP contribution in [0.5, 0.6) is 0 Å². The number of esters is 1. The first-order valence-corrected chi connectivity index (χ1v) is 8.97. The minimum Gasteiger partial charge on any atom is -0.467 e. The monoisotopic (exact) mass is 368 g/mol. The molecule has 3 nitrogen and oxygen atoms in total. The van der Waals surface area contributed by atoms with Crippen molar-refractivity contribution in [2.24, 2.45) is 17.8 Å². The van der Waals surface area contributed by atoms with Crippen LogP contribution in [0.15, 0.2) is 24.3 Å². The molecule has 0 bridgehead atoms. The molecule has 122 valence electrons. The second-order valence-electron chi connectivity index (χ2n) is 6.35. The second-order valence-corrected chi connectivity index (χ2v) is 6.91. The van der Waals surface area contributed by atoms with E-state index in [1.807, 2.05) is 0 Å². The van der Waals surface area contributed by atoms with Crippen molar-refractivity contribution in [2.75, 3.05) is 7.11 Å². The molecule has 0 amide bonds. The highest BCUT2D eigenvalue weighted by atomic mass is 79.9. The maximum absolute atomic E-state index is 12.0. The van der Waals surface area contributed by atoms with Crippen molar-refractivity contribution in [3.63, 3.8) is 0 Å². The van der Waals surface area contributed by atoms with Gasteiger partial charge in [-0.2, -0.15) is 0 Å². The Hall–Kier alpha value is -0.870. The van der Waals surface area contributed by atoms with Gasteiger partial charge in [0.15, 0.2) is 6.10 Å². The highest BCUT2D eigenvalue weighted by molar-refractivity contribution is 9.08. The first-order chi connectivity index (χ1) is 10.5. The summed E-state index contributed by atoms with van der Waals surface area (Å²) in [6.45, 7) is 6.49. The highest BCUT2D eigenvalue weighted by Gasteiger charge is 2.42. The van der Waals surface area contributed by atoms with Gasteiger partial charge in [0, 0.05) is 5.33 Å². The van der Waals surface area contributed by atoms with Crippen molar-refractivity contribution in [1.29, 1.82) is 0 Å². The molecule has 0 saturated carbocycles. The number of halogens is 1. The summed E-state index contributed by atoms with van der Waals surface area (Å²) in [5.41, 5.74) is 2.50. The number of methoxy groups -OCH3 is 1. The van der Waals surface area contributed by atoms with Gasteiger partial charge in [-0.3, -0.25) is 0 Å². The molecule has 1 saturated heterocycles. The van der Waals surface area contributed by atoms with Gasteiger partial charge in [-0.1, -0.05) is 61.0 Å². The summed E-state index contributed by atoms with van der Waals surface area (Å²) >= 11 is 3.46. The molecule has 1 aromatic carbocycles. The van der Waals surface area contributed by atoms with Gasteiger partial charge >= 0.3 is 5.97 Å². The molecule has 1 heterocycles. The number of benzene rings is 1. The summed E-state index contributed by atoms with van der Waals surface area (Å²) < 4.78 is 11.0. The predicted molar refractivity (Wildman–Crippen MR) is 90.9 cm³/mol. The molecule has 5 atom stereocenters. The zero-order chi connectivity index (χ0) is 16.3. The summed E-state index contributed by atoms with van der Waals surface area (Å²) in [6, 6.07) is 8.54. The Morgan fingerprint density at radius 1 is 1.09 bits per heavy atom. The number of carbonyl (C=O) groups excluding carboxylic acids is 1. The number of carbonyl (C=O) groups is 1. The van der Waals surface area contributed by atoms with Gasteiger partial charge in [-0.05, 0) is 35.3 Å². The standard InChI is InChI=1S/C18H25BrO3/c1-11-12(2)16(22-17(13(11)3)18(20)21-4)9-14-5-7-15(10-19)8-6-14/h5-8,11-13,16-17H,9-10H2,1-4H3/t11-,12?,13-,16+,17?/m1/s1. The van der Waals surface area contributed by atoms with Crippen molar-refractivity contribution in [3.8, 4) is 0 Å². The molecular weight excluding hydrogens is 344 g/mol. The molecule has 0 radical (unpaired) electrons. The Balaban J connectivity index is 2.12. The Morgan fingerprint density at radius 3 is 2.23 bits per heavy atom. The van der Waals surface area contributed by atoms with Crippen LogP contribution in [0, 0.1) is 17.8 Å². The van der Waals surface area contributed by atoms with E-state index in [0.717, 1.165) is 11.8 Å². The van der Waals surface area contributed by atoms with Crippen molar-refractivity contribution < 1.29 is 14.3 Å². The van der Waals surface area contributed by atoms with E-state index in [1.165, 1.54) is 18.2 Å². The van der Waals surface area contributed by atoms with Crippen LogP contribution in [0.1, 0.15) is 31.9 Å². The molecule has 1 fully saturated rings. The van der Waals surface area contributed by atoms with Gasteiger partial charge in [-0.25, -0.2) is 4.79 Å². The molecule has 4 heteroatoms. The highest BCUT2D eigenvalue weighted by Crippen LogP contribution is 2.36. The van der Waals surface area contributed by atoms with Crippen LogP contribution in [-0.4, -0.2) is 25.3 Å². The van der Waals surface area contributed by atoms with Crippen molar-refractivity contribution >= 4 is 21.9 Å². The molecule has 1 aliphatic heterocycles. The molecule has 2 unspecified atom stereocenters. The minimum absolute atomic E-state index is 0.0464. The Labute approximate surface area is 141 Å². The number of hydrogen-bond acceptors (Lipinski definition) is 3. The van der Waals surface area contributed by atoms with Crippen LogP contribution in [-0.2, 0) is 26.0 Å². The Morgan fingerprint density at radius 2 is 1.68 bits per heavy atom. The topological polar surface area (TPSA) is 35.5 Å². The lowest BCUT2D eigenvalue weighted by atomic mass is 9.75. The van der Waals surface area contributed by atoms with Gasteiger partial charge in [0.2, 0.25) is 0 Å². The smallest absolute Gasteiger partial charge is 0.335 e. The quantitative estimate of drug-likeness (QED) is 0.595. The van der Waals surface area contributed by atoms with E-state index in [-0.39, 0.29) is 18.0 Å². The van der Waals surface area contributed by atoms with E-state index in [0.29, 0.717) is 11.8 Å². The summed E-state index contributed by atoms with van der Waals surface area (Å²) in [4.78, 5) is 12.0. The zero-order valence-electron chi connectivity index (χ0n) is 13.7. The molecule has 1 aliphatic rings. The van der Waals surface area contributed by atoms with E-state index in [4.69, 9.17) is 9.47 Å². The summed E-state index contributed by atoms with van der Waals surface area (Å²) in [7, 11) is 1.43. The van der Waals surface area contributed by atoms with E-state index in [2.05, 4.69) is 61.0 Å². The van der Waals surface area contributed by atoms with Gasteiger partial charge in [-0.15, -0.1) is 0 Å². The fourth-order valence-corrected chi connectivity index (χ4v) is 3.52. The van der Waals surface area contributed by atoms with Gasteiger partial charge in [0.1, 0.15) is 0 Å². The van der Waals surface area contributed by atoms with E-state index >= 15 is 0 Å². The zero-order valence-corrected chi connectivity index (χ0v) is 15.3. The molecule has 2 rings (SSSR count). The third kappa shape index (κ3) is 3.72. The molecule has 0 spiro atoms. The number of rotatable bonds is 4. The maximum atomic E-state index is 12.0. The average Bonchev–Trinajstić information content (AvgIpc) is 2.55. The van der Waals surface area contributed by atoms with E-state index < -0.39 is 6.10 Å². The Bertz CT molecular complexity index is 500. The normalized spacial score (nSPS) is 31.8. The molecule has 0 aromatic heterocycles. The number of ether oxygens (including phenoxy) is 2. The molecule has 0 aliphatic carbocycles. The fourth-order valence-electron chi connectivity index (χ4n) is 3.15. The van der Waals surface area contributed by atoms with Crippen molar-refractivity contribution in [1.82, 2.24) is 0 Å². The Kier molecular flexibility index (Phi) is 6.04. The number of hydrogen-bond donors (Lipinski definition) is 0. The van der Waals surface area contributed by atoms with Gasteiger partial charge in [0.05, 0.1) is 13.2 Å². The van der Waals surface area contributed by atoms with Crippen LogP contribution in [0.4, 0.5) is 0 Å². The average molecular weight is 369 g/mol. The van der Waals surface area contributed by atoms with Crippen molar-refractivity contribution in [2.45, 2.75) is 44.7 Å². The first kappa shape index (κ1) is 17.5. The van der Waals surface area contributed by atoms with Gasteiger partial charge < -0.3 is 9.47 Å². The van der Waals surface area contributed by atoms with Crippen LogP contribution < -0.4 is 0 Å². The lowest BCUT2D eigenvalue weighted by Gasteiger charge is -2.42. The molecule has 1 aromatic rings. The second kappa shape index (κ2) is 7.60. The first-order valence-electron chi connectivity index (χ1n) is 7.85. The summed E-state index contributed by atoms with van der Waals surface area (Å²) in [5, 5.41) is 0.864. The number of alkyl halides is 1. The third-order valence-corrected chi connectivity index (χ3v) is 5.74. The van der Waals surface area contributed by atoms with Crippen molar-refractivity contribution in [3.05, 3.63) is 35.4 Å². The SMILES string of the molecule is COC(=O)C1O[C@@H](Cc2ccc(CBr)cc2)C(C)[C@@H](C)[C@H]1C. The molecule has 0 N–H and O–H groups in total. The van der Waals surface area contributed by atoms with Crippen LogP contribution in [0.25, 0.3) is 0 Å². The summed E-state index contributed by atoms with van der Waals surface area (Å²) in [6.07, 6.45) is 0.419.